The Bertz CT molecular complexity index is 1120. The van der Waals surface area contributed by atoms with E-state index in [1.54, 1.807) is 6.92 Å². The summed E-state index contributed by atoms with van der Waals surface area (Å²) in [6.45, 7) is 16.5. The molecule has 0 aliphatic heterocycles. The minimum Gasteiger partial charge on any atom is -0.348 e. The summed E-state index contributed by atoms with van der Waals surface area (Å²) in [5.74, 6) is -0.0691. The molecule has 3 aromatic rings. The second kappa shape index (κ2) is 8.74. The fraction of sp³-hybridized carbons (Fsp3) is 0.400. The number of carbonyl (C=O) groups excluding carboxylic acids is 1. The van der Waals surface area contributed by atoms with Crippen molar-refractivity contribution in [2.24, 2.45) is 5.41 Å². The molecule has 0 aliphatic carbocycles. The molecule has 1 heterocycles. The Hall–Kier alpha value is -3.19. The Morgan fingerprint density at radius 1 is 1.12 bits per heavy atom. The van der Waals surface area contributed by atoms with E-state index in [4.69, 9.17) is 4.89 Å². The molecule has 0 atom stereocenters. The summed E-state index contributed by atoms with van der Waals surface area (Å²) >= 11 is 0. The smallest absolute Gasteiger partial charge is 0.246 e. The van der Waals surface area contributed by atoms with Gasteiger partial charge in [0.1, 0.15) is 16.7 Å². The van der Waals surface area contributed by atoms with Crippen LogP contribution in [0.2, 0.25) is 0 Å². The monoisotopic (exact) mass is 436 g/mol. The number of nitrogens with zero attached hydrogens (tertiary/aromatic N) is 3. The standard InChI is InChI=1S/C25H32N4O3/c1-16(2)23(30)26-14-17-12-18(25(6,7)15-24(3,4)5)13-21(22(17)32-31)29-27-19-10-8-9-11-20(19)28-29/h8-13,31H,1,14-15H2,2-7H3,(H,26,30). The zero-order valence-corrected chi connectivity index (χ0v) is 19.7. The Labute approximate surface area is 189 Å². The van der Waals surface area contributed by atoms with Crippen LogP contribution < -0.4 is 10.2 Å². The van der Waals surface area contributed by atoms with E-state index in [0.29, 0.717) is 16.8 Å². The molecular weight excluding hydrogens is 404 g/mol. The van der Waals surface area contributed by atoms with Crippen molar-refractivity contribution in [3.05, 3.63) is 59.7 Å². The topological polar surface area (TPSA) is 89.3 Å². The van der Waals surface area contributed by atoms with Crippen LogP contribution in [0.25, 0.3) is 16.7 Å². The lowest BCUT2D eigenvalue weighted by atomic mass is 9.72. The maximum atomic E-state index is 12.1. The fourth-order valence-electron chi connectivity index (χ4n) is 4.17. The normalized spacial score (nSPS) is 12.1. The SMILES string of the molecule is C=C(C)C(=O)NCc1cc(C(C)(C)CC(C)(C)C)cc(-n2nc3ccccc3n2)c1OO. The Kier molecular flexibility index (Phi) is 6.41. The first-order valence-electron chi connectivity index (χ1n) is 10.7. The van der Waals surface area contributed by atoms with Gasteiger partial charge in [-0.05, 0) is 54.0 Å². The van der Waals surface area contributed by atoms with Gasteiger partial charge in [-0.1, -0.05) is 53.3 Å². The molecule has 0 radical (unpaired) electrons. The Morgan fingerprint density at radius 3 is 2.22 bits per heavy atom. The molecular formula is C25H32N4O3. The van der Waals surface area contributed by atoms with Crippen molar-refractivity contribution in [1.82, 2.24) is 20.3 Å². The van der Waals surface area contributed by atoms with Crippen molar-refractivity contribution in [3.8, 4) is 11.4 Å². The summed E-state index contributed by atoms with van der Waals surface area (Å²) in [5, 5.41) is 21.8. The number of nitrogens with one attached hydrogen (secondary N) is 1. The highest BCUT2D eigenvalue weighted by Gasteiger charge is 2.30. The summed E-state index contributed by atoms with van der Waals surface area (Å²) in [4.78, 5) is 18.4. The summed E-state index contributed by atoms with van der Waals surface area (Å²) in [6.07, 6.45) is 0.921. The summed E-state index contributed by atoms with van der Waals surface area (Å²) in [5.41, 5.74) is 3.93. The van der Waals surface area contributed by atoms with Gasteiger partial charge in [0.15, 0.2) is 5.75 Å². The molecule has 0 aliphatic rings. The van der Waals surface area contributed by atoms with Gasteiger partial charge in [0.2, 0.25) is 5.91 Å². The molecule has 2 N–H and O–H groups in total. The van der Waals surface area contributed by atoms with Crippen LogP contribution in [-0.4, -0.2) is 26.2 Å². The summed E-state index contributed by atoms with van der Waals surface area (Å²) < 4.78 is 0. The van der Waals surface area contributed by atoms with Gasteiger partial charge in [0, 0.05) is 17.7 Å². The minimum atomic E-state index is -0.266. The second-order valence-corrected chi connectivity index (χ2v) is 10.1. The lowest BCUT2D eigenvalue weighted by molar-refractivity contribution is -0.138. The van der Waals surface area contributed by atoms with E-state index in [0.717, 1.165) is 23.0 Å². The van der Waals surface area contributed by atoms with Crippen molar-refractivity contribution >= 4 is 16.9 Å². The number of hydrogen-bond acceptors (Lipinski definition) is 5. The van der Waals surface area contributed by atoms with Gasteiger partial charge < -0.3 is 10.2 Å². The molecule has 1 aromatic heterocycles. The first-order chi connectivity index (χ1) is 14.9. The maximum absolute atomic E-state index is 12.1. The van der Waals surface area contributed by atoms with Crippen LogP contribution >= 0.6 is 0 Å². The van der Waals surface area contributed by atoms with E-state index < -0.39 is 0 Å². The van der Waals surface area contributed by atoms with Crippen LogP contribution in [0.5, 0.6) is 5.75 Å². The number of benzene rings is 2. The molecule has 0 bridgehead atoms. The van der Waals surface area contributed by atoms with Crippen LogP contribution in [0.3, 0.4) is 0 Å². The van der Waals surface area contributed by atoms with Gasteiger partial charge in [-0.15, -0.1) is 15.0 Å². The Morgan fingerprint density at radius 2 is 1.72 bits per heavy atom. The van der Waals surface area contributed by atoms with Gasteiger partial charge in [0.05, 0.1) is 0 Å². The zero-order chi connectivity index (χ0) is 23.7. The zero-order valence-electron chi connectivity index (χ0n) is 19.7. The minimum absolute atomic E-state index is 0.1000. The molecule has 0 saturated heterocycles. The van der Waals surface area contributed by atoms with Crippen LogP contribution in [0, 0.1) is 5.41 Å². The number of rotatable bonds is 7. The molecule has 1 amide bonds. The molecule has 7 nitrogen and oxygen atoms in total. The highest BCUT2D eigenvalue weighted by atomic mass is 17.1. The predicted octanol–water partition coefficient (Wildman–Crippen LogP) is 5.18. The Balaban J connectivity index is 2.17. The quantitative estimate of drug-likeness (QED) is 0.303. The van der Waals surface area contributed by atoms with E-state index >= 15 is 0 Å². The van der Waals surface area contributed by atoms with Gasteiger partial charge in [-0.2, -0.15) is 0 Å². The number of fused-ring (bicyclic) bond motifs is 1. The van der Waals surface area contributed by atoms with E-state index in [9.17, 15) is 10.1 Å². The van der Waals surface area contributed by atoms with Gasteiger partial charge in [0.25, 0.3) is 0 Å². The molecule has 3 rings (SSSR count). The van der Waals surface area contributed by atoms with Crippen LogP contribution in [0.4, 0.5) is 0 Å². The van der Waals surface area contributed by atoms with Crippen LogP contribution in [0.15, 0.2) is 48.6 Å². The van der Waals surface area contributed by atoms with Gasteiger partial charge in [-0.25, -0.2) is 5.26 Å². The number of hydrogen-bond donors (Lipinski definition) is 2. The van der Waals surface area contributed by atoms with Crippen molar-refractivity contribution < 1.29 is 14.9 Å². The van der Waals surface area contributed by atoms with Crippen molar-refractivity contribution in [2.75, 3.05) is 0 Å². The lowest BCUT2D eigenvalue weighted by Crippen LogP contribution is -2.27. The predicted molar refractivity (Wildman–Crippen MR) is 126 cm³/mol. The summed E-state index contributed by atoms with van der Waals surface area (Å²) in [6, 6.07) is 11.4. The molecule has 7 heteroatoms. The maximum Gasteiger partial charge on any atom is 0.246 e. The molecule has 0 spiro atoms. The average Bonchev–Trinajstić information content (AvgIpc) is 3.13. The third kappa shape index (κ3) is 5.16. The van der Waals surface area contributed by atoms with E-state index in [-0.39, 0.29) is 29.0 Å². The highest BCUT2D eigenvalue weighted by molar-refractivity contribution is 5.92. The molecule has 170 valence electrons. The third-order valence-electron chi connectivity index (χ3n) is 5.32. The van der Waals surface area contributed by atoms with Gasteiger partial charge >= 0.3 is 0 Å². The summed E-state index contributed by atoms with van der Waals surface area (Å²) in [7, 11) is 0. The van der Waals surface area contributed by atoms with Crippen molar-refractivity contribution in [1.29, 1.82) is 0 Å². The molecule has 0 fully saturated rings. The lowest BCUT2D eigenvalue weighted by Gasteiger charge is -2.33. The van der Waals surface area contributed by atoms with E-state index in [1.807, 2.05) is 36.4 Å². The van der Waals surface area contributed by atoms with E-state index in [1.165, 1.54) is 4.80 Å². The third-order valence-corrected chi connectivity index (χ3v) is 5.32. The number of amides is 1. The molecule has 0 unspecified atom stereocenters. The largest absolute Gasteiger partial charge is 0.348 e. The number of aromatic nitrogens is 3. The number of carbonyl (C=O) groups is 1. The van der Waals surface area contributed by atoms with Crippen LogP contribution in [-0.2, 0) is 16.8 Å². The first-order valence-corrected chi connectivity index (χ1v) is 10.7. The first kappa shape index (κ1) is 23.5. The van der Waals surface area contributed by atoms with Crippen molar-refractivity contribution in [3.63, 3.8) is 0 Å². The average molecular weight is 437 g/mol. The van der Waals surface area contributed by atoms with Gasteiger partial charge in [-0.3, -0.25) is 4.79 Å². The fourth-order valence-corrected chi connectivity index (χ4v) is 4.17. The molecule has 32 heavy (non-hydrogen) atoms. The van der Waals surface area contributed by atoms with E-state index in [2.05, 4.69) is 56.7 Å². The molecule has 2 aromatic carbocycles. The second-order valence-electron chi connectivity index (χ2n) is 10.1. The van der Waals surface area contributed by atoms with Crippen molar-refractivity contribution in [2.45, 2.75) is 59.9 Å². The highest BCUT2D eigenvalue weighted by Crippen LogP contribution is 2.40. The van der Waals surface area contributed by atoms with Crippen LogP contribution in [0.1, 0.15) is 59.1 Å². The molecule has 0 saturated carbocycles.